The van der Waals surface area contributed by atoms with Gasteiger partial charge in [-0.05, 0) is 25.5 Å². The summed E-state index contributed by atoms with van der Waals surface area (Å²) in [6.07, 6.45) is 1.62. The first-order chi connectivity index (χ1) is 8.61. The van der Waals surface area contributed by atoms with E-state index in [0.29, 0.717) is 26.2 Å². The fraction of sp³-hybridized carbons (Fsp3) is 0.571. The van der Waals surface area contributed by atoms with Crippen LogP contribution in [0.1, 0.15) is 26.7 Å². The zero-order valence-corrected chi connectivity index (χ0v) is 11.0. The highest BCUT2D eigenvalue weighted by atomic mass is 16.5. The molecule has 1 aliphatic heterocycles. The van der Waals surface area contributed by atoms with E-state index in [9.17, 15) is 5.11 Å². The van der Waals surface area contributed by atoms with Crippen molar-refractivity contribution in [3.8, 4) is 11.5 Å². The maximum absolute atomic E-state index is 9.95. The van der Waals surface area contributed by atoms with Crippen LogP contribution in [0.4, 0.5) is 5.69 Å². The van der Waals surface area contributed by atoms with Crippen molar-refractivity contribution < 1.29 is 14.6 Å². The Kier molecular flexibility index (Phi) is 3.97. The SMILES string of the molecule is CCC(C)(O)CNc1ccc2c(c1)OCCCO2. The van der Waals surface area contributed by atoms with Gasteiger partial charge in [-0.3, -0.25) is 0 Å². The minimum absolute atomic E-state index is 0.517. The summed E-state index contributed by atoms with van der Waals surface area (Å²) < 4.78 is 11.2. The average molecular weight is 251 g/mol. The average Bonchev–Trinajstić information content (AvgIpc) is 2.61. The molecule has 1 aliphatic rings. The minimum atomic E-state index is -0.690. The van der Waals surface area contributed by atoms with E-state index in [0.717, 1.165) is 23.6 Å². The Morgan fingerprint density at radius 2 is 2.00 bits per heavy atom. The second kappa shape index (κ2) is 5.48. The van der Waals surface area contributed by atoms with Crippen LogP contribution in [0.2, 0.25) is 0 Å². The molecule has 1 atom stereocenters. The molecule has 0 aromatic heterocycles. The molecular weight excluding hydrogens is 230 g/mol. The summed E-state index contributed by atoms with van der Waals surface area (Å²) in [5.41, 5.74) is 0.248. The molecule has 0 saturated heterocycles. The van der Waals surface area contributed by atoms with E-state index in [1.165, 1.54) is 0 Å². The van der Waals surface area contributed by atoms with E-state index in [1.54, 1.807) is 0 Å². The molecule has 4 nitrogen and oxygen atoms in total. The molecule has 4 heteroatoms. The molecular formula is C14H21NO3. The van der Waals surface area contributed by atoms with Gasteiger partial charge in [-0.25, -0.2) is 0 Å². The summed E-state index contributed by atoms with van der Waals surface area (Å²) in [5.74, 6) is 1.56. The fourth-order valence-electron chi connectivity index (χ4n) is 1.69. The third-order valence-electron chi connectivity index (χ3n) is 3.18. The lowest BCUT2D eigenvalue weighted by Crippen LogP contribution is -2.32. The lowest BCUT2D eigenvalue weighted by Gasteiger charge is -2.22. The standard InChI is InChI=1S/C14H21NO3/c1-3-14(2,16)10-15-11-5-6-12-13(9-11)18-8-4-7-17-12/h5-6,9,15-16H,3-4,7-8,10H2,1-2H3. The Labute approximate surface area is 108 Å². The second-order valence-corrected chi connectivity index (χ2v) is 4.92. The molecule has 18 heavy (non-hydrogen) atoms. The van der Waals surface area contributed by atoms with Gasteiger partial charge in [0.05, 0.1) is 18.8 Å². The molecule has 0 aliphatic carbocycles. The van der Waals surface area contributed by atoms with Crippen LogP contribution in [0.3, 0.4) is 0 Å². The van der Waals surface area contributed by atoms with Crippen LogP contribution in [0.15, 0.2) is 18.2 Å². The molecule has 1 aromatic rings. The van der Waals surface area contributed by atoms with Crippen molar-refractivity contribution in [1.82, 2.24) is 0 Å². The number of nitrogens with one attached hydrogen (secondary N) is 1. The molecule has 100 valence electrons. The van der Waals surface area contributed by atoms with Crippen LogP contribution >= 0.6 is 0 Å². The quantitative estimate of drug-likeness (QED) is 0.863. The van der Waals surface area contributed by atoms with Crippen molar-refractivity contribution >= 4 is 5.69 Å². The lowest BCUT2D eigenvalue weighted by atomic mass is 10.0. The highest BCUT2D eigenvalue weighted by Gasteiger charge is 2.17. The van der Waals surface area contributed by atoms with Crippen LogP contribution in [0, 0.1) is 0 Å². The smallest absolute Gasteiger partial charge is 0.163 e. The molecule has 0 bridgehead atoms. The highest BCUT2D eigenvalue weighted by molar-refractivity contribution is 5.55. The third-order valence-corrected chi connectivity index (χ3v) is 3.18. The first-order valence-electron chi connectivity index (χ1n) is 6.47. The minimum Gasteiger partial charge on any atom is -0.490 e. The Bertz CT molecular complexity index is 404. The van der Waals surface area contributed by atoms with Crippen molar-refractivity contribution in [3.05, 3.63) is 18.2 Å². The van der Waals surface area contributed by atoms with Crippen molar-refractivity contribution in [2.45, 2.75) is 32.3 Å². The number of hydrogen-bond acceptors (Lipinski definition) is 4. The number of anilines is 1. The summed E-state index contributed by atoms with van der Waals surface area (Å²) in [6.45, 7) is 5.69. The summed E-state index contributed by atoms with van der Waals surface area (Å²) in [7, 11) is 0. The highest BCUT2D eigenvalue weighted by Crippen LogP contribution is 2.32. The van der Waals surface area contributed by atoms with Gasteiger partial charge in [-0.2, -0.15) is 0 Å². The molecule has 2 rings (SSSR count). The molecule has 0 spiro atoms. The number of hydrogen-bond donors (Lipinski definition) is 2. The first-order valence-corrected chi connectivity index (χ1v) is 6.47. The Hall–Kier alpha value is -1.42. The van der Waals surface area contributed by atoms with Crippen LogP contribution in [0.5, 0.6) is 11.5 Å². The number of ether oxygens (including phenoxy) is 2. The normalized spacial score (nSPS) is 17.7. The van der Waals surface area contributed by atoms with Gasteiger partial charge < -0.3 is 19.9 Å². The van der Waals surface area contributed by atoms with Crippen molar-refractivity contribution in [3.63, 3.8) is 0 Å². The van der Waals surface area contributed by atoms with Gasteiger partial charge in [-0.15, -0.1) is 0 Å². The zero-order valence-electron chi connectivity index (χ0n) is 11.0. The predicted molar refractivity (Wildman–Crippen MR) is 71.5 cm³/mol. The number of aliphatic hydroxyl groups is 1. The van der Waals surface area contributed by atoms with Gasteiger partial charge in [-0.1, -0.05) is 6.92 Å². The van der Waals surface area contributed by atoms with E-state index in [-0.39, 0.29) is 0 Å². The Morgan fingerprint density at radius 3 is 2.72 bits per heavy atom. The van der Waals surface area contributed by atoms with E-state index in [1.807, 2.05) is 32.0 Å². The second-order valence-electron chi connectivity index (χ2n) is 4.92. The van der Waals surface area contributed by atoms with Crippen molar-refractivity contribution in [2.24, 2.45) is 0 Å². The molecule has 1 unspecified atom stereocenters. The molecule has 1 aromatic carbocycles. The van der Waals surface area contributed by atoms with Gasteiger partial charge in [0.1, 0.15) is 0 Å². The first kappa shape index (κ1) is 13.0. The third kappa shape index (κ3) is 3.29. The Balaban J connectivity index is 2.04. The van der Waals surface area contributed by atoms with Crippen LogP contribution in [-0.4, -0.2) is 30.5 Å². The molecule has 2 N–H and O–H groups in total. The maximum Gasteiger partial charge on any atom is 0.163 e. The molecule has 1 heterocycles. The van der Waals surface area contributed by atoms with Gasteiger partial charge in [0, 0.05) is 24.7 Å². The summed E-state index contributed by atoms with van der Waals surface area (Å²) in [6, 6.07) is 5.77. The van der Waals surface area contributed by atoms with Gasteiger partial charge in [0.25, 0.3) is 0 Å². The van der Waals surface area contributed by atoms with Gasteiger partial charge >= 0.3 is 0 Å². The van der Waals surface area contributed by atoms with E-state index < -0.39 is 5.60 Å². The van der Waals surface area contributed by atoms with Crippen molar-refractivity contribution in [2.75, 3.05) is 25.1 Å². The van der Waals surface area contributed by atoms with Crippen LogP contribution in [0.25, 0.3) is 0 Å². The summed E-state index contributed by atoms with van der Waals surface area (Å²) in [4.78, 5) is 0. The van der Waals surface area contributed by atoms with Crippen molar-refractivity contribution in [1.29, 1.82) is 0 Å². The van der Waals surface area contributed by atoms with Crippen LogP contribution < -0.4 is 14.8 Å². The fourth-order valence-corrected chi connectivity index (χ4v) is 1.69. The van der Waals surface area contributed by atoms with E-state index in [4.69, 9.17) is 9.47 Å². The molecule has 0 radical (unpaired) electrons. The maximum atomic E-state index is 9.95. The molecule has 0 fully saturated rings. The number of fused-ring (bicyclic) bond motifs is 1. The monoisotopic (exact) mass is 251 g/mol. The van der Waals surface area contributed by atoms with E-state index in [2.05, 4.69) is 5.32 Å². The number of benzene rings is 1. The number of rotatable bonds is 4. The molecule has 0 saturated carbocycles. The lowest BCUT2D eigenvalue weighted by molar-refractivity contribution is 0.0697. The van der Waals surface area contributed by atoms with Gasteiger partial charge in [0.2, 0.25) is 0 Å². The summed E-state index contributed by atoms with van der Waals surface area (Å²) in [5, 5.41) is 13.2. The molecule has 0 amide bonds. The predicted octanol–water partition coefficient (Wildman–Crippen LogP) is 2.42. The van der Waals surface area contributed by atoms with E-state index >= 15 is 0 Å². The zero-order chi connectivity index (χ0) is 13.0. The van der Waals surface area contributed by atoms with Crippen LogP contribution in [-0.2, 0) is 0 Å². The van der Waals surface area contributed by atoms with Gasteiger partial charge in [0.15, 0.2) is 11.5 Å². The Morgan fingerprint density at radius 1 is 1.28 bits per heavy atom. The largest absolute Gasteiger partial charge is 0.490 e. The topological polar surface area (TPSA) is 50.7 Å². The summed E-state index contributed by atoms with van der Waals surface area (Å²) >= 11 is 0.